The summed E-state index contributed by atoms with van der Waals surface area (Å²) < 4.78 is 0. The van der Waals surface area contributed by atoms with Crippen LogP contribution in [0, 0.1) is 0 Å². The molecular weight excluding hydrogens is 198 g/mol. The Morgan fingerprint density at radius 2 is 1.86 bits per heavy atom. The van der Waals surface area contributed by atoms with E-state index in [-0.39, 0.29) is 11.4 Å². The standard InChI is InChI=1S/C11H12ClNO/c1-11(2)7-13(11)10(14)8-3-5-9(12)6-4-8/h3-6H,7H2,1-2H3. The summed E-state index contributed by atoms with van der Waals surface area (Å²) in [4.78, 5) is 13.7. The van der Waals surface area contributed by atoms with Crippen LogP contribution in [0.1, 0.15) is 24.2 Å². The van der Waals surface area contributed by atoms with Crippen molar-refractivity contribution in [2.45, 2.75) is 19.4 Å². The zero-order valence-corrected chi connectivity index (χ0v) is 9.01. The number of halogens is 1. The average Bonchev–Trinajstić information content (AvgIpc) is 2.75. The van der Waals surface area contributed by atoms with E-state index >= 15 is 0 Å². The molecule has 3 heteroatoms. The molecule has 1 aromatic carbocycles. The number of benzene rings is 1. The number of carbonyl (C=O) groups is 1. The fourth-order valence-corrected chi connectivity index (χ4v) is 1.57. The Morgan fingerprint density at radius 3 is 2.29 bits per heavy atom. The molecule has 14 heavy (non-hydrogen) atoms. The molecule has 1 saturated heterocycles. The van der Waals surface area contributed by atoms with Gasteiger partial charge in [-0.05, 0) is 38.1 Å². The predicted molar refractivity (Wildman–Crippen MR) is 56.6 cm³/mol. The minimum absolute atomic E-state index is 0.0384. The van der Waals surface area contributed by atoms with Crippen LogP contribution in [0.3, 0.4) is 0 Å². The molecule has 0 N–H and O–H groups in total. The first-order valence-electron chi connectivity index (χ1n) is 4.58. The number of carbonyl (C=O) groups excluding carboxylic acids is 1. The molecule has 1 heterocycles. The molecule has 0 spiro atoms. The Bertz CT molecular complexity index is 369. The van der Waals surface area contributed by atoms with Gasteiger partial charge in [-0.1, -0.05) is 11.6 Å². The highest BCUT2D eigenvalue weighted by Crippen LogP contribution is 2.32. The Hall–Kier alpha value is -1.02. The number of rotatable bonds is 1. The van der Waals surface area contributed by atoms with Crippen molar-refractivity contribution in [1.29, 1.82) is 0 Å². The highest BCUT2D eigenvalue weighted by Gasteiger charge is 2.46. The molecule has 0 aromatic heterocycles. The van der Waals surface area contributed by atoms with Crippen LogP contribution in [-0.2, 0) is 0 Å². The maximum Gasteiger partial charge on any atom is 0.254 e. The fourth-order valence-electron chi connectivity index (χ4n) is 1.45. The van der Waals surface area contributed by atoms with Gasteiger partial charge in [-0.3, -0.25) is 4.79 Å². The van der Waals surface area contributed by atoms with Crippen molar-refractivity contribution >= 4 is 17.5 Å². The number of hydrogen-bond acceptors (Lipinski definition) is 1. The third-order valence-electron chi connectivity index (χ3n) is 2.51. The quantitative estimate of drug-likeness (QED) is 0.651. The van der Waals surface area contributed by atoms with Gasteiger partial charge in [0, 0.05) is 17.1 Å². The molecule has 0 bridgehead atoms. The van der Waals surface area contributed by atoms with Crippen molar-refractivity contribution in [3.8, 4) is 0 Å². The molecule has 0 saturated carbocycles. The highest BCUT2D eigenvalue weighted by atomic mass is 35.5. The Balaban J connectivity index is 2.17. The summed E-state index contributed by atoms with van der Waals surface area (Å²) in [5, 5.41) is 0.659. The summed E-state index contributed by atoms with van der Waals surface area (Å²) in [5.41, 5.74) is 0.747. The molecule has 0 atom stereocenters. The molecule has 1 aromatic rings. The number of amides is 1. The first kappa shape index (κ1) is 9.53. The van der Waals surface area contributed by atoms with Crippen molar-refractivity contribution in [3.05, 3.63) is 34.9 Å². The van der Waals surface area contributed by atoms with Gasteiger partial charge in [-0.25, -0.2) is 0 Å². The highest BCUT2D eigenvalue weighted by molar-refractivity contribution is 6.30. The van der Waals surface area contributed by atoms with Crippen molar-refractivity contribution < 1.29 is 4.79 Å². The third kappa shape index (κ3) is 1.62. The van der Waals surface area contributed by atoms with Crippen molar-refractivity contribution in [2.75, 3.05) is 6.54 Å². The zero-order chi connectivity index (χ0) is 10.3. The van der Waals surface area contributed by atoms with E-state index in [4.69, 9.17) is 11.6 Å². The number of nitrogens with zero attached hydrogens (tertiary/aromatic N) is 1. The van der Waals surface area contributed by atoms with E-state index in [2.05, 4.69) is 13.8 Å². The van der Waals surface area contributed by atoms with E-state index < -0.39 is 0 Å². The van der Waals surface area contributed by atoms with Crippen molar-refractivity contribution in [2.24, 2.45) is 0 Å². The second-order valence-electron chi connectivity index (χ2n) is 4.21. The van der Waals surface area contributed by atoms with Gasteiger partial charge in [0.05, 0.1) is 5.54 Å². The zero-order valence-electron chi connectivity index (χ0n) is 8.25. The molecule has 0 unspecified atom stereocenters. The van der Waals surface area contributed by atoms with Crippen LogP contribution in [-0.4, -0.2) is 22.9 Å². The molecule has 74 valence electrons. The van der Waals surface area contributed by atoms with E-state index in [1.165, 1.54) is 0 Å². The Labute approximate surface area is 88.5 Å². The molecule has 2 nitrogen and oxygen atoms in total. The van der Waals surface area contributed by atoms with Gasteiger partial charge in [-0.2, -0.15) is 0 Å². The Kier molecular flexibility index (Phi) is 2.04. The molecular formula is C11H12ClNO. The maximum absolute atomic E-state index is 11.8. The van der Waals surface area contributed by atoms with Gasteiger partial charge < -0.3 is 4.90 Å². The van der Waals surface area contributed by atoms with E-state index in [9.17, 15) is 4.79 Å². The van der Waals surface area contributed by atoms with Gasteiger partial charge in [-0.15, -0.1) is 0 Å². The molecule has 0 radical (unpaired) electrons. The van der Waals surface area contributed by atoms with E-state index in [0.29, 0.717) is 10.6 Å². The molecule has 1 fully saturated rings. The van der Waals surface area contributed by atoms with Gasteiger partial charge in [0.15, 0.2) is 0 Å². The first-order chi connectivity index (χ1) is 6.50. The summed E-state index contributed by atoms with van der Waals surface area (Å²) in [6.45, 7) is 4.95. The first-order valence-corrected chi connectivity index (χ1v) is 4.96. The van der Waals surface area contributed by atoms with Crippen LogP contribution < -0.4 is 0 Å². The van der Waals surface area contributed by atoms with Gasteiger partial charge in [0.25, 0.3) is 5.91 Å². The largest absolute Gasteiger partial charge is 0.329 e. The molecule has 2 rings (SSSR count). The molecule has 1 aliphatic heterocycles. The van der Waals surface area contributed by atoms with Gasteiger partial charge >= 0.3 is 0 Å². The van der Waals surface area contributed by atoms with E-state index in [1.54, 1.807) is 24.3 Å². The summed E-state index contributed by atoms with van der Waals surface area (Å²) >= 11 is 5.74. The summed E-state index contributed by atoms with van der Waals surface area (Å²) in [7, 11) is 0. The lowest BCUT2D eigenvalue weighted by atomic mass is 10.2. The predicted octanol–water partition coefficient (Wildman–Crippen LogP) is 2.57. The number of hydrogen-bond donors (Lipinski definition) is 0. The SMILES string of the molecule is CC1(C)CN1C(=O)c1ccc(Cl)cc1. The summed E-state index contributed by atoms with van der Waals surface area (Å²) in [6, 6.07) is 7.01. The lowest BCUT2D eigenvalue weighted by Crippen LogP contribution is -2.17. The third-order valence-corrected chi connectivity index (χ3v) is 2.76. The van der Waals surface area contributed by atoms with E-state index in [1.807, 2.05) is 4.90 Å². The summed E-state index contributed by atoms with van der Waals surface area (Å²) in [6.07, 6.45) is 0. The van der Waals surface area contributed by atoms with Crippen LogP contribution in [0.15, 0.2) is 24.3 Å². The Morgan fingerprint density at radius 1 is 1.36 bits per heavy atom. The van der Waals surface area contributed by atoms with Crippen LogP contribution in [0.25, 0.3) is 0 Å². The van der Waals surface area contributed by atoms with Crippen LogP contribution in [0.5, 0.6) is 0 Å². The minimum atomic E-state index is 0.0384. The lowest BCUT2D eigenvalue weighted by Gasteiger charge is -2.06. The smallest absolute Gasteiger partial charge is 0.254 e. The normalized spacial score (nSPS) is 18.1. The maximum atomic E-state index is 11.8. The van der Waals surface area contributed by atoms with Crippen LogP contribution in [0.2, 0.25) is 5.02 Å². The molecule has 1 amide bonds. The molecule has 1 aliphatic rings. The van der Waals surface area contributed by atoms with Gasteiger partial charge in [0.2, 0.25) is 0 Å². The van der Waals surface area contributed by atoms with E-state index in [0.717, 1.165) is 6.54 Å². The van der Waals surface area contributed by atoms with Crippen LogP contribution in [0.4, 0.5) is 0 Å². The van der Waals surface area contributed by atoms with Crippen LogP contribution >= 0.6 is 11.6 Å². The summed E-state index contributed by atoms with van der Waals surface area (Å²) in [5.74, 6) is 0.0895. The van der Waals surface area contributed by atoms with Gasteiger partial charge in [0.1, 0.15) is 0 Å². The second kappa shape index (κ2) is 2.99. The van der Waals surface area contributed by atoms with Crippen molar-refractivity contribution in [1.82, 2.24) is 4.90 Å². The lowest BCUT2D eigenvalue weighted by molar-refractivity contribution is 0.0861. The second-order valence-corrected chi connectivity index (χ2v) is 4.65. The topological polar surface area (TPSA) is 20.1 Å². The monoisotopic (exact) mass is 209 g/mol. The molecule has 0 aliphatic carbocycles. The minimum Gasteiger partial charge on any atom is -0.329 e. The average molecular weight is 210 g/mol. The van der Waals surface area contributed by atoms with Crippen molar-refractivity contribution in [3.63, 3.8) is 0 Å². The fraction of sp³-hybridized carbons (Fsp3) is 0.364.